The number of anilines is 1. The summed E-state index contributed by atoms with van der Waals surface area (Å²) in [5.74, 6) is 1.07. The monoisotopic (exact) mass is 343 g/mol. The van der Waals surface area contributed by atoms with Gasteiger partial charge in [0.25, 0.3) is 5.91 Å². The maximum absolute atomic E-state index is 12.7. The van der Waals surface area contributed by atoms with Crippen molar-refractivity contribution in [1.29, 1.82) is 0 Å². The molecule has 3 aliphatic rings. The fourth-order valence-electron chi connectivity index (χ4n) is 3.76. The molecule has 1 aromatic rings. The van der Waals surface area contributed by atoms with Crippen LogP contribution in [0.1, 0.15) is 19.3 Å². The van der Waals surface area contributed by atoms with Gasteiger partial charge < -0.3 is 14.4 Å². The van der Waals surface area contributed by atoms with Gasteiger partial charge in [0.1, 0.15) is 18.0 Å². The molecule has 7 nitrogen and oxygen atoms in total. The smallest absolute Gasteiger partial charge is 0.251 e. The zero-order valence-electron chi connectivity index (χ0n) is 14.3. The summed E-state index contributed by atoms with van der Waals surface area (Å²) in [4.78, 5) is 28.5. The molecule has 1 N–H and O–H groups in total. The Kier molecular flexibility index (Phi) is 3.88. The third-order valence-electron chi connectivity index (χ3n) is 5.06. The second-order valence-corrected chi connectivity index (χ2v) is 6.52. The molecule has 7 heteroatoms. The average molecular weight is 343 g/mol. The molecule has 3 aliphatic heterocycles. The Bertz CT molecular complexity index is 738. The molecule has 2 amide bonds. The minimum atomic E-state index is -0.160. The first-order chi connectivity index (χ1) is 12.1. The lowest BCUT2D eigenvalue weighted by Crippen LogP contribution is -2.63. The van der Waals surface area contributed by atoms with E-state index in [1.807, 2.05) is 0 Å². The zero-order valence-corrected chi connectivity index (χ0v) is 14.3. The molecule has 0 aromatic heterocycles. The number of amides is 2. The van der Waals surface area contributed by atoms with E-state index in [4.69, 9.17) is 9.47 Å². The van der Waals surface area contributed by atoms with E-state index in [1.54, 1.807) is 48.4 Å². The highest BCUT2D eigenvalue weighted by Gasteiger charge is 2.43. The quantitative estimate of drug-likeness (QED) is 0.894. The number of piperidine rings is 1. The Morgan fingerprint density at radius 1 is 1.04 bits per heavy atom. The van der Waals surface area contributed by atoms with Gasteiger partial charge >= 0.3 is 0 Å². The summed E-state index contributed by atoms with van der Waals surface area (Å²) in [5.41, 5.74) is 1.53. The summed E-state index contributed by atoms with van der Waals surface area (Å²) in [6, 6.07) is 5.28. The molecule has 1 aromatic carbocycles. The van der Waals surface area contributed by atoms with Gasteiger partial charge in [-0.05, 0) is 19.3 Å². The molecule has 132 valence electrons. The van der Waals surface area contributed by atoms with Gasteiger partial charge in [0.15, 0.2) is 0 Å². The van der Waals surface area contributed by atoms with Crippen molar-refractivity contribution in [3.05, 3.63) is 30.1 Å². The van der Waals surface area contributed by atoms with Gasteiger partial charge in [-0.1, -0.05) is 0 Å². The van der Waals surface area contributed by atoms with E-state index in [0.29, 0.717) is 17.2 Å². The first-order valence-corrected chi connectivity index (χ1v) is 8.45. The van der Waals surface area contributed by atoms with Gasteiger partial charge in [0, 0.05) is 30.4 Å². The maximum Gasteiger partial charge on any atom is 0.251 e. The zero-order chi connectivity index (χ0) is 17.6. The second-order valence-electron chi connectivity index (χ2n) is 6.52. The topological polar surface area (TPSA) is 71.1 Å². The maximum atomic E-state index is 12.7. The molecule has 2 bridgehead atoms. The molecule has 2 unspecified atom stereocenters. The third-order valence-corrected chi connectivity index (χ3v) is 5.06. The number of rotatable bonds is 3. The van der Waals surface area contributed by atoms with Crippen molar-refractivity contribution in [2.75, 3.05) is 25.7 Å². The number of hydrogen-bond donors (Lipinski definition) is 1. The highest BCUT2D eigenvalue weighted by Crippen LogP contribution is 2.34. The largest absolute Gasteiger partial charge is 0.497 e. The van der Waals surface area contributed by atoms with Crippen molar-refractivity contribution < 1.29 is 19.1 Å². The number of benzene rings is 1. The summed E-state index contributed by atoms with van der Waals surface area (Å²) in [6.45, 7) is 0.0683. The molecule has 2 atom stereocenters. The van der Waals surface area contributed by atoms with Gasteiger partial charge in [-0.3, -0.25) is 19.8 Å². The average Bonchev–Trinajstić information content (AvgIpc) is 2.65. The molecule has 25 heavy (non-hydrogen) atoms. The Balaban J connectivity index is 1.74. The number of nitrogens with one attached hydrogen (secondary N) is 1. The highest BCUT2D eigenvalue weighted by molar-refractivity contribution is 6.01. The van der Waals surface area contributed by atoms with Crippen LogP contribution in [0.25, 0.3) is 0 Å². The number of fused-ring (bicyclic) bond motifs is 4. The van der Waals surface area contributed by atoms with E-state index in [-0.39, 0.29) is 30.4 Å². The number of nitrogens with zero attached hydrogens (tertiary/aromatic N) is 2. The van der Waals surface area contributed by atoms with Gasteiger partial charge in [0.05, 0.1) is 31.6 Å². The highest BCUT2D eigenvalue weighted by atomic mass is 16.5. The molecule has 0 spiro atoms. The molecule has 0 radical (unpaired) electrons. The summed E-state index contributed by atoms with van der Waals surface area (Å²) < 4.78 is 10.6. The van der Waals surface area contributed by atoms with E-state index >= 15 is 0 Å². The van der Waals surface area contributed by atoms with Crippen LogP contribution in [-0.4, -0.2) is 49.6 Å². The summed E-state index contributed by atoms with van der Waals surface area (Å²) in [7, 11) is 3.14. The summed E-state index contributed by atoms with van der Waals surface area (Å²) in [5, 5.41) is 3.39. The lowest BCUT2D eigenvalue weighted by molar-refractivity contribution is -0.139. The minimum Gasteiger partial charge on any atom is -0.497 e. The van der Waals surface area contributed by atoms with Crippen molar-refractivity contribution in [2.24, 2.45) is 0 Å². The number of hydrogen-bond acceptors (Lipinski definition) is 5. The third kappa shape index (κ3) is 2.64. The Morgan fingerprint density at radius 3 is 2.40 bits per heavy atom. The summed E-state index contributed by atoms with van der Waals surface area (Å²) >= 11 is 0. The van der Waals surface area contributed by atoms with Crippen LogP contribution in [-0.2, 0) is 9.59 Å². The number of piperazine rings is 1. The van der Waals surface area contributed by atoms with Crippen LogP contribution in [0.5, 0.6) is 11.5 Å². The molecular weight excluding hydrogens is 322 g/mol. The number of methoxy groups -OCH3 is 2. The number of carbonyl (C=O) groups excluding carboxylic acids is 2. The van der Waals surface area contributed by atoms with Crippen molar-refractivity contribution in [1.82, 2.24) is 10.2 Å². The van der Waals surface area contributed by atoms with Crippen molar-refractivity contribution >= 4 is 17.5 Å². The summed E-state index contributed by atoms with van der Waals surface area (Å²) in [6.07, 6.45) is 4.59. The lowest BCUT2D eigenvalue weighted by Gasteiger charge is -2.46. The Hall–Kier alpha value is -2.54. The van der Waals surface area contributed by atoms with Crippen molar-refractivity contribution in [3.63, 3.8) is 0 Å². The van der Waals surface area contributed by atoms with Gasteiger partial charge in [-0.2, -0.15) is 0 Å². The predicted molar refractivity (Wildman–Crippen MR) is 91.4 cm³/mol. The van der Waals surface area contributed by atoms with Gasteiger partial charge in [-0.15, -0.1) is 0 Å². The van der Waals surface area contributed by atoms with Crippen LogP contribution >= 0.6 is 0 Å². The molecule has 0 aliphatic carbocycles. The van der Waals surface area contributed by atoms with E-state index in [0.717, 1.165) is 25.0 Å². The molecule has 3 heterocycles. The minimum absolute atomic E-state index is 0.00146. The normalized spacial score (nSPS) is 25.4. The number of carbonyl (C=O) groups is 2. The first kappa shape index (κ1) is 16.0. The van der Waals surface area contributed by atoms with Crippen LogP contribution in [0.2, 0.25) is 0 Å². The standard InChI is InChI=1S/C18H21N3O4/c1-24-12-6-11(7-13(8-12)25-2)20-9-16-14-4-3-5-15(19-14)18(23)21(16)10-17(20)22/h6-9,14-15,19H,3-5,10H2,1-2H3. The van der Waals surface area contributed by atoms with Crippen molar-refractivity contribution in [3.8, 4) is 11.5 Å². The van der Waals surface area contributed by atoms with Crippen LogP contribution in [0.3, 0.4) is 0 Å². The van der Waals surface area contributed by atoms with E-state index in [1.165, 1.54) is 0 Å². The molecule has 2 fully saturated rings. The van der Waals surface area contributed by atoms with Crippen molar-refractivity contribution in [2.45, 2.75) is 31.3 Å². The van der Waals surface area contributed by atoms with Crippen LogP contribution in [0.15, 0.2) is 30.1 Å². The Morgan fingerprint density at radius 2 is 1.72 bits per heavy atom. The van der Waals surface area contributed by atoms with E-state index < -0.39 is 0 Å². The van der Waals surface area contributed by atoms with E-state index in [2.05, 4.69) is 5.32 Å². The van der Waals surface area contributed by atoms with Crippen LogP contribution in [0.4, 0.5) is 5.69 Å². The lowest BCUT2D eigenvalue weighted by atomic mass is 9.90. The van der Waals surface area contributed by atoms with Gasteiger partial charge in [0.2, 0.25) is 5.91 Å². The predicted octanol–water partition coefficient (Wildman–Crippen LogP) is 1.24. The van der Waals surface area contributed by atoms with Gasteiger partial charge in [-0.25, -0.2) is 0 Å². The SMILES string of the molecule is COc1cc(OC)cc(N2C=C3C4CCCC(N4)C(=O)N3CC2=O)c1. The second kappa shape index (κ2) is 6.07. The van der Waals surface area contributed by atoms with Crippen LogP contribution in [0, 0.1) is 0 Å². The Labute approximate surface area is 146 Å². The number of ether oxygens (including phenoxy) is 2. The molecule has 4 rings (SSSR count). The van der Waals surface area contributed by atoms with E-state index in [9.17, 15) is 9.59 Å². The van der Waals surface area contributed by atoms with Crippen LogP contribution < -0.4 is 19.7 Å². The first-order valence-electron chi connectivity index (χ1n) is 8.45. The fourth-order valence-corrected chi connectivity index (χ4v) is 3.76. The molecular formula is C18H21N3O4. The fraction of sp³-hybridized carbons (Fsp3) is 0.444. The molecule has 0 saturated carbocycles. The molecule has 2 saturated heterocycles.